The first-order valence-electron chi connectivity index (χ1n) is 8.32. The van der Waals surface area contributed by atoms with Crippen LogP contribution in [0.1, 0.15) is 17.5 Å². The number of halogens is 1. The van der Waals surface area contributed by atoms with Crippen LogP contribution in [0.4, 0.5) is 0 Å². The molecule has 2 heterocycles. The zero-order valence-electron chi connectivity index (χ0n) is 13.3. The Labute approximate surface area is 145 Å². The Hall–Kier alpha value is -1.85. The number of rotatable bonds is 5. The number of hydrogen-bond acceptors (Lipinski definition) is 3. The number of carboxylic acids is 1. The number of nitrogens with zero attached hydrogens (tertiary/aromatic N) is 3. The maximum atomic E-state index is 11.2. The van der Waals surface area contributed by atoms with Gasteiger partial charge in [-0.3, -0.25) is 14.4 Å². The highest BCUT2D eigenvalue weighted by molar-refractivity contribution is 6.31. The van der Waals surface area contributed by atoms with Crippen LogP contribution in [-0.2, 0) is 17.9 Å². The van der Waals surface area contributed by atoms with Gasteiger partial charge in [-0.15, -0.1) is 0 Å². The van der Waals surface area contributed by atoms with Gasteiger partial charge in [-0.2, -0.15) is 5.10 Å². The first-order valence-corrected chi connectivity index (χ1v) is 8.69. The first-order chi connectivity index (χ1) is 11.6. The molecule has 2 fully saturated rings. The van der Waals surface area contributed by atoms with E-state index < -0.39 is 5.97 Å². The number of likely N-dealkylation sites (tertiary alicyclic amines) is 1. The van der Waals surface area contributed by atoms with E-state index in [9.17, 15) is 9.90 Å². The molecule has 4 rings (SSSR count). The second-order valence-electron chi connectivity index (χ2n) is 6.85. The molecule has 2 aliphatic rings. The van der Waals surface area contributed by atoms with E-state index in [4.69, 9.17) is 11.6 Å². The highest BCUT2D eigenvalue weighted by Crippen LogP contribution is 2.51. The zero-order chi connectivity index (χ0) is 16.7. The van der Waals surface area contributed by atoms with Gasteiger partial charge in [0.15, 0.2) is 0 Å². The van der Waals surface area contributed by atoms with Crippen LogP contribution in [0.15, 0.2) is 36.7 Å². The molecule has 24 heavy (non-hydrogen) atoms. The van der Waals surface area contributed by atoms with Crippen molar-refractivity contribution in [2.24, 2.45) is 17.8 Å². The third-order valence-electron chi connectivity index (χ3n) is 5.25. The molecule has 5 nitrogen and oxygen atoms in total. The van der Waals surface area contributed by atoms with Gasteiger partial charge < -0.3 is 5.11 Å². The van der Waals surface area contributed by atoms with Crippen molar-refractivity contribution >= 4 is 17.6 Å². The Morgan fingerprint density at radius 3 is 2.92 bits per heavy atom. The topological polar surface area (TPSA) is 58.4 Å². The minimum Gasteiger partial charge on any atom is -0.481 e. The summed E-state index contributed by atoms with van der Waals surface area (Å²) in [6.45, 7) is 3.35. The van der Waals surface area contributed by atoms with E-state index in [1.165, 1.54) is 0 Å². The number of aromatic nitrogens is 2. The maximum Gasteiger partial charge on any atom is 0.307 e. The second-order valence-corrected chi connectivity index (χ2v) is 7.26. The lowest BCUT2D eigenvalue weighted by Crippen LogP contribution is -2.30. The van der Waals surface area contributed by atoms with E-state index >= 15 is 0 Å². The molecule has 3 atom stereocenters. The number of carbonyl (C=O) groups is 1. The van der Waals surface area contributed by atoms with Crippen LogP contribution in [0.5, 0.6) is 0 Å². The van der Waals surface area contributed by atoms with E-state index in [0.717, 1.165) is 42.2 Å². The number of hydrogen-bond donors (Lipinski definition) is 1. The quantitative estimate of drug-likeness (QED) is 0.905. The SMILES string of the molecule is O=C(O)C1C2CCN(Cc3cnn(Cc4ccccc4Cl)c3)CC21. The number of benzene rings is 1. The fourth-order valence-electron chi connectivity index (χ4n) is 3.95. The second kappa shape index (κ2) is 6.22. The van der Waals surface area contributed by atoms with E-state index in [1.807, 2.05) is 35.1 Å². The molecular formula is C18H20ClN3O2. The summed E-state index contributed by atoms with van der Waals surface area (Å²) >= 11 is 6.20. The van der Waals surface area contributed by atoms with Crippen molar-refractivity contribution < 1.29 is 9.90 Å². The van der Waals surface area contributed by atoms with Crippen LogP contribution in [0.3, 0.4) is 0 Å². The molecule has 6 heteroatoms. The van der Waals surface area contributed by atoms with Gasteiger partial charge in [-0.05, 0) is 36.4 Å². The summed E-state index contributed by atoms with van der Waals surface area (Å²) in [4.78, 5) is 13.5. The Kier molecular flexibility index (Phi) is 4.06. The van der Waals surface area contributed by atoms with Gasteiger partial charge in [0.25, 0.3) is 0 Å². The van der Waals surface area contributed by atoms with Crippen LogP contribution in [0.25, 0.3) is 0 Å². The van der Waals surface area contributed by atoms with E-state index in [2.05, 4.69) is 16.2 Å². The van der Waals surface area contributed by atoms with Gasteiger partial charge >= 0.3 is 5.97 Å². The van der Waals surface area contributed by atoms with Crippen LogP contribution in [0, 0.1) is 17.8 Å². The van der Waals surface area contributed by atoms with Crippen LogP contribution in [-0.4, -0.2) is 38.8 Å². The summed E-state index contributed by atoms with van der Waals surface area (Å²) in [7, 11) is 0. The smallest absolute Gasteiger partial charge is 0.307 e. The van der Waals surface area contributed by atoms with E-state index in [1.54, 1.807) is 0 Å². The summed E-state index contributed by atoms with van der Waals surface area (Å²) < 4.78 is 1.90. The molecule has 3 unspecified atom stereocenters. The summed E-state index contributed by atoms with van der Waals surface area (Å²) in [5.41, 5.74) is 2.21. The fraction of sp³-hybridized carbons (Fsp3) is 0.444. The molecule has 0 bridgehead atoms. The minimum absolute atomic E-state index is 0.113. The third kappa shape index (κ3) is 3.06. The van der Waals surface area contributed by atoms with Gasteiger partial charge in [-0.1, -0.05) is 29.8 Å². The molecule has 1 aromatic carbocycles. The maximum absolute atomic E-state index is 11.2. The largest absolute Gasteiger partial charge is 0.481 e. The molecule has 0 spiro atoms. The Bertz CT molecular complexity index is 760. The number of carboxylic acid groups (broad SMARTS) is 1. The summed E-state index contributed by atoms with van der Waals surface area (Å²) in [6.07, 6.45) is 4.94. The predicted molar refractivity (Wildman–Crippen MR) is 90.8 cm³/mol. The van der Waals surface area contributed by atoms with Crippen LogP contribution in [0.2, 0.25) is 5.02 Å². The van der Waals surface area contributed by atoms with Crippen molar-refractivity contribution in [3.63, 3.8) is 0 Å². The standard InChI is InChI=1S/C18H20ClN3O2/c19-16-4-2-1-3-13(16)10-22-9-12(7-20-22)8-21-6-5-14-15(11-21)17(14)18(23)24/h1-4,7,9,14-15,17H,5-6,8,10-11H2,(H,23,24). The molecule has 1 N–H and O–H groups in total. The normalized spacial score (nSPS) is 26.1. The highest BCUT2D eigenvalue weighted by atomic mass is 35.5. The fourth-order valence-corrected chi connectivity index (χ4v) is 4.15. The molecule has 0 radical (unpaired) electrons. The molecule has 1 aliphatic heterocycles. The molecule has 126 valence electrons. The lowest BCUT2D eigenvalue weighted by Gasteiger charge is -2.25. The van der Waals surface area contributed by atoms with Crippen molar-refractivity contribution in [3.8, 4) is 0 Å². The van der Waals surface area contributed by atoms with Gasteiger partial charge in [0, 0.05) is 29.9 Å². The van der Waals surface area contributed by atoms with Crippen LogP contribution >= 0.6 is 11.6 Å². The average Bonchev–Trinajstić information content (AvgIpc) is 3.12. The van der Waals surface area contributed by atoms with Gasteiger partial charge in [0.05, 0.1) is 18.7 Å². The van der Waals surface area contributed by atoms with Crippen LogP contribution < -0.4 is 0 Å². The molecule has 1 aliphatic carbocycles. The highest BCUT2D eigenvalue weighted by Gasteiger charge is 2.56. The molecule has 1 saturated carbocycles. The van der Waals surface area contributed by atoms with Gasteiger partial charge in [0.1, 0.15) is 0 Å². The lowest BCUT2D eigenvalue weighted by molar-refractivity contribution is -0.139. The van der Waals surface area contributed by atoms with Gasteiger partial charge in [-0.25, -0.2) is 0 Å². The third-order valence-corrected chi connectivity index (χ3v) is 5.62. The Morgan fingerprint density at radius 1 is 1.29 bits per heavy atom. The monoisotopic (exact) mass is 345 g/mol. The molecule has 0 amide bonds. The minimum atomic E-state index is -0.626. The predicted octanol–water partition coefficient (Wildman–Crippen LogP) is 2.74. The number of fused-ring (bicyclic) bond motifs is 1. The van der Waals surface area contributed by atoms with E-state index in [0.29, 0.717) is 18.4 Å². The number of piperidine rings is 1. The molecule has 1 saturated heterocycles. The average molecular weight is 346 g/mol. The molecule has 1 aromatic heterocycles. The molecule has 2 aromatic rings. The van der Waals surface area contributed by atoms with Gasteiger partial charge in [0.2, 0.25) is 0 Å². The van der Waals surface area contributed by atoms with E-state index in [-0.39, 0.29) is 5.92 Å². The van der Waals surface area contributed by atoms with Crippen molar-refractivity contribution in [1.29, 1.82) is 0 Å². The van der Waals surface area contributed by atoms with Crippen molar-refractivity contribution in [1.82, 2.24) is 14.7 Å². The van der Waals surface area contributed by atoms with Crippen molar-refractivity contribution in [2.75, 3.05) is 13.1 Å². The van der Waals surface area contributed by atoms with Crippen molar-refractivity contribution in [2.45, 2.75) is 19.5 Å². The number of aliphatic carboxylic acids is 1. The lowest BCUT2D eigenvalue weighted by atomic mass is 10.1. The van der Waals surface area contributed by atoms with Crippen molar-refractivity contribution in [3.05, 3.63) is 52.8 Å². The molecular weight excluding hydrogens is 326 g/mol. The zero-order valence-corrected chi connectivity index (χ0v) is 14.1. The summed E-state index contributed by atoms with van der Waals surface area (Å²) in [6, 6.07) is 7.80. The Balaban J connectivity index is 1.36. The first kappa shape index (κ1) is 15.7. The summed E-state index contributed by atoms with van der Waals surface area (Å²) in [5.74, 6) is 0.00784. The summed E-state index contributed by atoms with van der Waals surface area (Å²) in [5, 5.41) is 14.4. The Morgan fingerprint density at radius 2 is 2.12 bits per heavy atom.